The number of benzene rings is 2. The number of carboxylic acid groups (broad SMARTS) is 2. The minimum atomic E-state index is -1.31. The average molecular weight is 496 g/mol. The molecule has 0 heterocycles. The van der Waals surface area contributed by atoms with Crippen molar-refractivity contribution in [3.05, 3.63) is 63.1 Å². The predicted molar refractivity (Wildman–Crippen MR) is 121 cm³/mol. The van der Waals surface area contributed by atoms with Crippen LogP contribution in [0.4, 0.5) is 5.69 Å². The number of anilines is 1. The van der Waals surface area contributed by atoms with Crippen molar-refractivity contribution >= 4 is 58.6 Å². The van der Waals surface area contributed by atoms with E-state index >= 15 is 0 Å². The van der Waals surface area contributed by atoms with Gasteiger partial charge in [0.2, 0.25) is 5.91 Å². The number of carbonyl (C=O) groups is 4. The lowest BCUT2D eigenvalue weighted by atomic mass is 10.0. The number of halogens is 2. The maximum absolute atomic E-state index is 12.5. The molecule has 2 amide bonds. The summed E-state index contributed by atoms with van der Waals surface area (Å²) >= 11 is 11.9. The number of hydrogen-bond acceptors (Lipinski definition) is 5. The number of nitrogens with two attached hydrogens (primary N) is 1. The van der Waals surface area contributed by atoms with Crippen LogP contribution in [0.3, 0.4) is 0 Å². The van der Waals surface area contributed by atoms with Gasteiger partial charge in [-0.25, -0.2) is 4.79 Å². The Labute approximate surface area is 197 Å². The van der Waals surface area contributed by atoms with E-state index in [0.29, 0.717) is 5.56 Å². The van der Waals surface area contributed by atoms with Gasteiger partial charge in [0, 0.05) is 21.3 Å². The molecule has 0 fully saturated rings. The first-order valence-corrected chi connectivity index (χ1v) is 9.95. The van der Waals surface area contributed by atoms with Crippen LogP contribution in [0, 0.1) is 5.41 Å². The summed E-state index contributed by atoms with van der Waals surface area (Å²) in [5, 5.41) is 33.3. The second kappa shape index (κ2) is 11.2. The monoisotopic (exact) mass is 495 g/mol. The number of hydrogen-bond donors (Lipinski definition) is 7. The maximum Gasteiger partial charge on any atom is 0.335 e. The van der Waals surface area contributed by atoms with Gasteiger partial charge in [-0.3, -0.25) is 19.8 Å². The van der Waals surface area contributed by atoms with E-state index in [4.69, 9.17) is 39.5 Å². The number of carboxylic acids is 2. The van der Waals surface area contributed by atoms with Gasteiger partial charge in [0.25, 0.3) is 5.91 Å². The highest BCUT2D eigenvalue weighted by Crippen LogP contribution is 2.25. The van der Waals surface area contributed by atoms with E-state index in [9.17, 15) is 24.3 Å². The number of guanidine groups is 1. The van der Waals surface area contributed by atoms with Gasteiger partial charge >= 0.3 is 11.9 Å². The van der Waals surface area contributed by atoms with E-state index in [-0.39, 0.29) is 26.9 Å². The zero-order valence-corrected chi connectivity index (χ0v) is 18.3. The van der Waals surface area contributed by atoms with Crippen molar-refractivity contribution in [1.82, 2.24) is 10.6 Å². The molecule has 0 radical (unpaired) electrons. The molecule has 0 bridgehead atoms. The van der Waals surface area contributed by atoms with Crippen LogP contribution >= 0.6 is 23.2 Å². The highest BCUT2D eigenvalue weighted by molar-refractivity contribution is 6.34. The number of rotatable bonds is 9. The van der Waals surface area contributed by atoms with Gasteiger partial charge in [-0.2, -0.15) is 0 Å². The molecule has 8 N–H and O–H groups in total. The van der Waals surface area contributed by atoms with Crippen molar-refractivity contribution in [2.45, 2.75) is 12.5 Å². The molecule has 2 rings (SSSR count). The van der Waals surface area contributed by atoms with Crippen LogP contribution in [0.5, 0.6) is 0 Å². The van der Waals surface area contributed by atoms with Crippen molar-refractivity contribution in [2.24, 2.45) is 5.73 Å². The number of aliphatic carboxylic acids is 1. The van der Waals surface area contributed by atoms with Crippen LogP contribution < -0.4 is 21.7 Å². The van der Waals surface area contributed by atoms with Crippen molar-refractivity contribution in [3.63, 3.8) is 0 Å². The van der Waals surface area contributed by atoms with Gasteiger partial charge in [-0.1, -0.05) is 23.2 Å². The molecule has 1 unspecified atom stereocenters. The standard InChI is InChI=1S/C20H19Cl2N5O6/c21-12-2-9(3-13(22)6-12)15(7-17(29)30)27-16(28)8-25-18(31)10-1-11(19(32)33)5-14(4-10)26-20(23)24/h1-6,15H,7-8H2,(H,25,31)(H,27,28)(H,29,30)(H,32,33)(H4,23,24,26). The Kier molecular flexibility index (Phi) is 8.60. The lowest BCUT2D eigenvalue weighted by molar-refractivity contribution is -0.137. The van der Waals surface area contributed by atoms with Crippen LogP contribution in [0.15, 0.2) is 36.4 Å². The summed E-state index contributed by atoms with van der Waals surface area (Å²) in [6.07, 6.45) is -0.461. The third-order valence-corrected chi connectivity index (χ3v) is 4.57. The molecule has 11 nitrogen and oxygen atoms in total. The molecular formula is C20H19Cl2N5O6. The van der Waals surface area contributed by atoms with Gasteiger partial charge in [0.15, 0.2) is 5.96 Å². The summed E-state index contributed by atoms with van der Waals surface area (Å²) in [7, 11) is 0. The largest absolute Gasteiger partial charge is 0.481 e. The van der Waals surface area contributed by atoms with E-state index in [1.54, 1.807) is 0 Å². The molecule has 0 saturated carbocycles. The van der Waals surface area contributed by atoms with E-state index in [2.05, 4.69) is 16.0 Å². The molecule has 2 aromatic carbocycles. The zero-order valence-electron chi connectivity index (χ0n) is 16.8. The van der Waals surface area contributed by atoms with Crippen LogP contribution in [-0.4, -0.2) is 46.5 Å². The van der Waals surface area contributed by atoms with E-state index < -0.39 is 48.7 Å². The molecule has 0 aliphatic carbocycles. The van der Waals surface area contributed by atoms with Gasteiger partial charge in [-0.15, -0.1) is 0 Å². The van der Waals surface area contributed by atoms with Gasteiger partial charge in [0.05, 0.1) is 24.6 Å². The summed E-state index contributed by atoms with van der Waals surface area (Å²) in [5.41, 5.74) is 5.35. The highest BCUT2D eigenvalue weighted by Gasteiger charge is 2.20. The lowest BCUT2D eigenvalue weighted by Gasteiger charge is -2.18. The molecule has 0 aliphatic heterocycles. The fourth-order valence-corrected chi connectivity index (χ4v) is 3.36. The van der Waals surface area contributed by atoms with E-state index in [1.165, 1.54) is 30.3 Å². The average Bonchev–Trinajstić information content (AvgIpc) is 2.69. The third-order valence-electron chi connectivity index (χ3n) is 4.13. The minimum absolute atomic E-state index is 0.0939. The highest BCUT2D eigenvalue weighted by atomic mass is 35.5. The molecule has 0 aromatic heterocycles. The second-order valence-electron chi connectivity index (χ2n) is 6.75. The second-order valence-corrected chi connectivity index (χ2v) is 7.62. The van der Waals surface area contributed by atoms with E-state index in [1.807, 2.05) is 0 Å². The Morgan fingerprint density at radius 1 is 0.970 bits per heavy atom. The normalized spacial score (nSPS) is 11.2. The van der Waals surface area contributed by atoms with Gasteiger partial charge in [0.1, 0.15) is 0 Å². The third kappa shape index (κ3) is 7.98. The Morgan fingerprint density at radius 3 is 2.12 bits per heavy atom. The summed E-state index contributed by atoms with van der Waals surface area (Å²) < 4.78 is 0. The summed E-state index contributed by atoms with van der Waals surface area (Å²) in [5.74, 6) is -4.45. The summed E-state index contributed by atoms with van der Waals surface area (Å²) in [6, 6.07) is 6.92. The number of amides is 2. The Bertz CT molecular complexity index is 1100. The first kappa shape index (κ1) is 25.4. The maximum atomic E-state index is 12.5. The van der Waals surface area contributed by atoms with Crippen molar-refractivity contribution in [3.8, 4) is 0 Å². The predicted octanol–water partition coefficient (Wildman–Crippen LogP) is 2.06. The van der Waals surface area contributed by atoms with Crippen molar-refractivity contribution in [2.75, 3.05) is 11.9 Å². The smallest absolute Gasteiger partial charge is 0.335 e. The van der Waals surface area contributed by atoms with Crippen molar-refractivity contribution < 1.29 is 29.4 Å². The Hall–Kier alpha value is -3.83. The molecule has 13 heteroatoms. The van der Waals surface area contributed by atoms with Gasteiger partial charge in [-0.05, 0) is 42.0 Å². The molecule has 1 atom stereocenters. The molecule has 174 valence electrons. The summed E-state index contributed by atoms with van der Waals surface area (Å²) in [6.45, 7) is -0.532. The fourth-order valence-electron chi connectivity index (χ4n) is 2.82. The zero-order chi connectivity index (χ0) is 24.7. The Morgan fingerprint density at radius 2 is 1.58 bits per heavy atom. The summed E-state index contributed by atoms with van der Waals surface area (Å²) in [4.78, 5) is 47.3. The molecule has 0 spiro atoms. The fraction of sp³-hybridized carbons (Fsp3) is 0.150. The number of nitrogens with one attached hydrogen (secondary N) is 4. The topological polar surface area (TPSA) is 195 Å². The van der Waals surface area contributed by atoms with E-state index in [0.717, 1.165) is 6.07 Å². The molecule has 0 saturated heterocycles. The SMILES string of the molecule is N=C(N)Nc1cc(C(=O)O)cc(C(=O)NCC(=O)NC(CC(=O)O)c2cc(Cl)cc(Cl)c2)c1. The molecule has 2 aromatic rings. The van der Waals surface area contributed by atoms with Crippen LogP contribution in [0.2, 0.25) is 10.0 Å². The number of carbonyl (C=O) groups excluding carboxylic acids is 2. The van der Waals surface area contributed by atoms with Crippen LogP contribution in [0.1, 0.15) is 38.7 Å². The molecule has 0 aliphatic rings. The lowest BCUT2D eigenvalue weighted by Crippen LogP contribution is -2.39. The Balaban J connectivity index is 2.12. The quantitative estimate of drug-likeness (QED) is 0.202. The molecular weight excluding hydrogens is 477 g/mol. The van der Waals surface area contributed by atoms with Crippen LogP contribution in [-0.2, 0) is 9.59 Å². The van der Waals surface area contributed by atoms with Gasteiger partial charge < -0.3 is 31.9 Å². The number of aromatic carboxylic acids is 1. The minimum Gasteiger partial charge on any atom is -0.481 e. The van der Waals surface area contributed by atoms with Crippen molar-refractivity contribution in [1.29, 1.82) is 5.41 Å². The first-order valence-electron chi connectivity index (χ1n) is 9.19. The molecule has 33 heavy (non-hydrogen) atoms. The first-order chi connectivity index (χ1) is 15.4. The van der Waals surface area contributed by atoms with Crippen LogP contribution in [0.25, 0.3) is 0 Å².